The van der Waals surface area contributed by atoms with E-state index >= 15 is 0 Å². The molecule has 0 unspecified atom stereocenters. The minimum Gasteiger partial charge on any atom is -0.493 e. The molecule has 5 heteroatoms. The van der Waals surface area contributed by atoms with Crippen molar-refractivity contribution in [2.45, 2.75) is 6.92 Å². The number of nitrogens with zero attached hydrogens (tertiary/aromatic N) is 1. The molecule has 0 saturated carbocycles. The zero-order valence-electron chi connectivity index (χ0n) is 9.98. The first-order chi connectivity index (χ1) is 8.17. The van der Waals surface area contributed by atoms with E-state index in [9.17, 15) is 0 Å². The predicted octanol–water partition coefficient (Wildman–Crippen LogP) is 2.25. The van der Waals surface area contributed by atoms with Gasteiger partial charge in [-0.2, -0.15) is 0 Å². The predicted molar refractivity (Wildman–Crippen MR) is 64.2 cm³/mol. The molecule has 2 N–H and O–H groups in total. The molecule has 2 rings (SSSR count). The van der Waals surface area contributed by atoms with Gasteiger partial charge in [-0.05, 0) is 25.1 Å². The Hall–Kier alpha value is -2.17. The highest BCUT2D eigenvalue weighted by atomic mass is 16.5. The van der Waals surface area contributed by atoms with E-state index < -0.39 is 0 Å². The molecule has 0 aliphatic rings. The molecule has 0 saturated heterocycles. The first kappa shape index (κ1) is 11.3. The number of benzene rings is 1. The van der Waals surface area contributed by atoms with Crippen LogP contribution < -0.4 is 15.2 Å². The van der Waals surface area contributed by atoms with E-state index in [0.29, 0.717) is 28.6 Å². The van der Waals surface area contributed by atoms with E-state index in [4.69, 9.17) is 19.7 Å². The van der Waals surface area contributed by atoms with Crippen LogP contribution in [0, 0.1) is 6.92 Å². The summed E-state index contributed by atoms with van der Waals surface area (Å²) in [5, 5.41) is 3.82. The molecule has 0 fully saturated rings. The Labute approximate surface area is 99.1 Å². The van der Waals surface area contributed by atoms with Gasteiger partial charge < -0.3 is 19.7 Å². The van der Waals surface area contributed by atoms with Crippen molar-refractivity contribution in [1.29, 1.82) is 0 Å². The smallest absolute Gasteiger partial charge is 0.190 e. The first-order valence-corrected chi connectivity index (χ1v) is 5.11. The minimum absolute atomic E-state index is 0.539. The Bertz CT molecular complexity index is 535. The van der Waals surface area contributed by atoms with Gasteiger partial charge in [0, 0.05) is 5.56 Å². The number of nitrogens with two attached hydrogens (primary N) is 1. The summed E-state index contributed by atoms with van der Waals surface area (Å²) in [6.45, 7) is 1.79. The molecule has 0 aliphatic carbocycles. The third-order valence-corrected chi connectivity index (χ3v) is 2.55. The average molecular weight is 234 g/mol. The lowest BCUT2D eigenvalue weighted by molar-refractivity contribution is 0.355. The molecule has 5 nitrogen and oxygen atoms in total. The molecular weight excluding hydrogens is 220 g/mol. The van der Waals surface area contributed by atoms with E-state index in [-0.39, 0.29) is 0 Å². The zero-order chi connectivity index (χ0) is 12.4. The summed E-state index contributed by atoms with van der Waals surface area (Å²) in [5.41, 5.74) is 7.89. The fraction of sp³-hybridized carbons (Fsp3) is 0.250. The number of hydrogen-bond donors (Lipinski definition) is 1. The van der Waals surface area contributed by atoms with Gasteiger partial charge in [-0.1, -0.05) is 5.16 Å². The Morgan fingerprint density at radius 2 is 1.88 bits per heavy atom. The Kier molecular flexibility index (Phi) is 2.91. The number of aryl methyl sites for hydroxylation is 1. The highest BCUT2D eigenvalue weighted by Gasteiger charge is 2.14. The molecule has 1 heterocycles. The summed E-state index contributed by atoms with van der Waals surface area (Å²) in [5.74, 6) is 1.83. The van der Waals surface area contributed by atoms with E-state index in [1.165, 1.54) is 0 Å². The maximum Gasteiger partial charge on any atom is 0.190 e. The summed E-state index contributed by atoms with van der Waals surface area (Å²) in [4.78, 5) is 0. The van der Waals surface area contributed by atoms with Gasteiger partial charge in [-0.25, -0.2) is 0 Å². The number of methoxy groups -OCH3 is 2. The lowest BCUT2D eigenvalue weighted by atomic mass is 10.1. The van der Waals surface area contributed by atoms with Crippen molar-refractivity contribution >= 4 is 5.69 Å². The number of anilines is 1. The molecule has 90 valence electrons. The molecule has 17 heavy (non-hydrogen) atoms. The maximum absolute atomic E-state index is 5.87. The third-order valence-electron chi connectivity index (χ3n) is 2.55. The van der Waals surface area contributed by atoms with Gasteiger partial charge in [0.05, 0.1) is 14.2 Å². The summed E-state index contributed by atoms with van der Waals surface area (Å²) >= 11 is 0. The molecular formula is C12H14N2O3. The molecule has 0 bridgehead atoms. The third kappa shape index (κ3) is 1.91. The molecule has 1 aromatic carbocycles. The van der Waals surface area contributed by atoms with Crippen LogP contribution in [0.3, 0.4) is 0 Å². The monoisotopic (exact) mass is 234 g/mol. The van der Waals surface area contributed by atoms with Crippen molar-refractivity contribution in [2.75, 3.05) is 20.0 Å². The van der Waals surface area contributed by atoms with Crippen molar-refractivity contribution < 1.29 is 14.0 Å². The minimum atomic E-state index is 0.539. The second kappa shape index (κ2) is 4.37. The fourth-order valence-corrected chi connectivity index (χ4v) is 1.56. The standard InChI is InChI=1S/C12H14N2O3/c1-7-11(13)12(17-14-7)8-4-5-9(15-2)10(6-8)16-3/h4-6H,13H2,1-3H3. The molecule has 0 radical (unpaired) electrons. The van der Waals surface area contributed by atoms with Gasteiger partial charge in [0.25, 0.3) is 0 Å². The summed E-state index contributed by atoms with van der Waals surface area (Å²) in [7, 11) is 3.17. The summed E-state index contributed by atoms with van der Waals surface area (Å²) in [6, 6.07) is 5.44. The lowest BCUT2D eigenvalue weighted by Crippen LogP contribution is -1.92. The van der Waals surface area contributed by atoms with Crippen LogP contribution in [-0.2, 0) is 0 Å². The summed E-state index contributed by atoms with van der Waals surface area (Å²) < 4.78 is 15.6. The van der Waals surface area contributed by atoms with Gasteiger partial charge in [-0.3, -0.25) is 0 Å². The van der Waals surface area contributed by atoms with Crippen molar-refractivity contribution in [3.05, 3.63) is 23.9 Å². The Balaban J connectivity index is 2.50. The van der Waals surface area contributed by atoms with Gasteiger partial charge in [0.1, 0.15) is 11.4 Å². The van der Waals surface area contributed by atoms with Crippen LogP contribution in [0.5, 0.6) is 11.5 Å². The Morgan fingerprint density at radius 3 is 2.41 bits per heavy atom. The second-order valence-electron chi connectivity index (χ2n) is 3.58. The second-order valence-corrected chi connectivity index (χ2v) is 3.58. The maximum atomic E-state index is 5.87. The van der Waals surface area contributed by atoms with E-state index in [1.54, 1.807) is 33.3 Å². The lowest BCUT2D eigenvalue weighted by Gasteiger charge is -2.08. The van der Waals surface area contributed by atoms with Crippen LogP contribution >= 0.6 is 0 Å². The van der Waals surface area contributed by atoms with Crippen molar-refractivity contribution in [2.24, 2.45) is 0 Å². The normalized spacial score (nSPS) is 10.3. The van der Waals surface area contributed by atoms with Crippen molar-refractivity contribution in [3.63, 3.8) is 0 Å². The molecule has 2 aromatic rings. The fourth-order valence-electron chi connectivity index (χ4n) is 1.56. The van der Waals surface area contributed by atoms with E-state index in [2.05, 4.69) is 5.16 Å². The molecule has 1 aromatic heterocycles. The number of rotatable bonds is 3. The zero-order valence-corrected chi connectivity index (χ0v) is 9.98. The van der Waals surface area contributed by atoms with Crippen LogP contribution in [0.1, 0.15) is 5.69 Å². The largest absolute Gasteiger partial charge is 0.493 e. The van der Waals surface area contributed by atoms with Crippen molar-refractivity contribution in [3.8, 4) is 22.8 Å². The van der Waals surface area contributed by atoms with E-state index in [1.807, 2.05) is 6.07 Å². The SMILES string of the molecule is COc1ccc(-c2onc(C)c2N)cc1OC. The Morgan fingerprint density at radius 1 is 1.18 bits per heavy atom. The van der Waals surface area contributed by atoms with E-state index in [0.717, 1.165) is 5.56 Å². The van der Waals surface area contributed by atoms with Crippen LogP contribution in [-0.4, -0.2) is 19.4 Å². The molecule has 0 aliphatic heterocycles. The van der Waals surface area contributed by atoms with Crippen LogP contribution in [0.4, 0.5) is 5.69 Å². The summed E-state index contributed by atoms with van der Waals surface area (Å²) in [6.07, 6.45) is 0. The first-order valence-electron chi connectivity index (χ1n) is 5.11. The van der Waals surface area contributed by atoms with Crippen LogP contribution in [0.15, 0.2) is 22.7 Å². The molecule has 0 atom stereocenters. The highest BCUT2D eigenvalue weighted by Crippen LogP contribution is 2.35. The number of hydrogen-bond acceptors (Lipinski definition) is 5. The number of nitrogen functional groups attached to an aromatic ring is 1. The van der Waals surface area contributed by atoms with Gasteiger partial charge in [0.15, 0.2) is 17.3 Å². The van der Waals surface area contributed by atoms with Crippen LogP contribution in [0.25, 0.3) is 11.3 Å². The highest BCUT2D eigenvalue weighted by molar-refractivity contribution is 5.74. The number of aromatic nitrogens is 1. The van der Waals surface area contributed by atoms with Gasteiger partial charge in [0.2, 0.25) is 0 Å². The average Bonchev–Trinajstić information content (AvgIpc) is 2.69. The number of ether oxygens (including phenoxy) is 2. The topological polar surface area (TPSA) is 70.5 Å². The molecule has 0 amide bonds. The molecule has 0 spiro atoms. The quantitative estimate of drug-likeness (QED) is 0.881. The van der Waals surface area contributed by atoms with Gasteiger partial charge >= 0.3 is 0 Å². The van der Waals surface area contributed by atoms with Gasteiger partial charge in [-0.15, -0.1) is 0 Å². The van der Waals surface area contributed by atoms with Crippen molar-refractivity contribution in [1.82, 2.24) is 5.16 Å². The van der Waals surface area contributed by atoms with Crippen LogP contribution in [0.2, 0.25) is 0 Å².